The molecule has 14 nitrogen and oxygen atoms in total. The molecule has 8 atom stereocenters. The van der Waals surface area contributed by atoms with E-state index in [4.69, 9.17) is 14.2 Å². The highest BCUT2D eigenvalue weighted by Crippen LogP contribution is 2.43. The molecule has 0 aromatic rings. The van der Waals surface area contributed by atoms with E-state index in [-0.39, 0.29) is 19.9 Å². The Morgan fingerprint density at radius 2 is 1.79 bits per heavy atom. The van der Waals surface area contributed by atoms with E-state index >= 15 is 0 Å². The van der Waals surface area contributed by atoms with Crippen LogP contribution >= 0.6 is 0 Å². The van der Waals surface area contributed by atoms with Gasteiger partial charge in [-0.1, -0.05) is 0 Å². The minimum Gasteiger partial charge on any atom is -0.394 e. The molecule has 4 N–H and O–H groups in total. The smallest absolute Gasteiger partial charge is 0.222 e. The number of rotatable bonds is 9. The van der Waals surface area contributed by atoms with Gasteiger partial charge in [-0.15, -0.1) is 0 Å². The predicted octanol–water partition coefficient (Wildman–Crippen LogP) is -3.56. The molecule has 0 aromatic heterocycles. The summed E-state index contributed by atoms with van der Waals surface area (Å²) in [6, 6.07) is 0. The summed E-state index contributed by atoms with van der Waals surface area (Å²) in [6.45, 7) is 3.05. The fourth-order valence-corrected chi connectivity index (χ4v) is 4.77. The van der Waals surface area contributed by atoms with Crippen LogP contribution in [0.5, 0.6) is 0 Å². The van der Waals surface area contributed by atoms with Gasteiger partial charge < -0.3 is 39.5 Å². The minimum absolute atomic E-state index is 0.124. The van der Waals surface area contributed by atoms with Crippen LogP contribution in [-0.4, -0.2) is 141 Å². The Labute approximate surface area is 196 Å². The molecule has 6 unspecified atom stereocenters. The molecule has 3 heterocycles. The number of amides is 1. The number of carbonyl (C=O) groups excluding carboxylic acids is 3. The van der Waals surface area contributed by atoms with Crippen molar-refractivity contribution in [1.82, 2.24) is 14.7 Å². The van der Waals surface area contributed by atoms with Gasteiger partial charge in [-0.05, 0) is 13.8 Å². The number of fused-ring (bicyclic) bond motifs is 1. The quantitative estimate of drug-likeness (QED) is 0.235. The molecule has 2 fully saturated rings. The largest absolute Gasteiger partial charge is 0.394 e. The first-order valence-electron chi connectivity index (χ1n) is 10.8. The summed E-state index contributed by atoms with van der Waals surface area (Å²) < 4.78 is 16.0. The Morgan fingerprint density at radius 3 is 2.29 bits per heavy atom. The van der Waals surface area contributed by atoms with Gasteiger partial charge in [-0.3, -0.25) is 24.3 Å². The SMILES string of the molecule is COCCOCN1C(C(C)=O)N(C(C)=O)C2N([C@@H]3O[C@H](CO)C(O)C3O)C=NC2(C(C)=O)C1O. The second kappa shape index (κ2) is 10.3. The normalized spacial score (nSPS) is 37.8. The van der Waals surface area contributed by atoms with Crippen LogP contribution in [0.25, 0.3) is 0 Å². The number of aliphatic hydroxyl groups excluding tert-OH is 4. The first-order valence-corrected chi connectivity index (χ1v) is 10.8. The average Bonchev–Trinajstić information content (AvgIpc) is 3.31. The number of hydrogen-bond acceptors (Lipinski definition) is 13. The van der Waals surface area contributed by atoms with Crippen LogP contribution in [0.3, 0.4) is 0 Å². The highest BCUT2D eigenvalue weighted by atomic mass is 16.6. The van der Waals surface area contributed by atoms with Gasteiger partial charge in [-0.2, -0.15) is 0 Å². The van der Waals surface area contributed by atoms with E-state index in [0.29, 0.717) is 0 Å². The third-order valence-electron chi connectivity index (χ3n) is 6.40. The summed E-state index contributed by atoms with van der Waals surface area (Å²) >= 11 is 0. The average molecular weight is 488 g/mol. The van der Waals surface area contributed by atoms with Crippen molar-refractivity contribution in [2.24, 2.45) is 4.99 Å². The van der Waals surface area contributed by atoms with Crippen molar-refractivity contribution in [3.8, 4) is 0 Å². The second-order valence-electron chi connectivity index (χ2n) is 8.50. The number of methoxy groups -OCH3 is 1. The molecule has 0 spiro atoms. The Bertz CT molecular complexity index is 827. The minimum atomic E-state index is -1.98. The van der Waals surface area contributed by atoms with Gasteiger partial charge >= 0.3 is 0 Å². The van der Waals surface area contributed by atoms with E-state index in [1.807, 2.05) is 0 Å². The standard InChI is InChI=1S/C20H32N4O10/c1-10(26)16-23(9-33-6-5-32-4)19(31)20(11(2)27)18(24(16)12(3)28)22(8-21-20)17-15(30)14(29)13(7-25)34-17/h8,13-19,25,29-31H,5-7,9H2,1-4H3/t13-,14?,15?,16?,17-,18?,19?,20?/m1/s1. The van der Waals surface area contributed by atoms with Crippen LogP contribution in [0.2, 0.25) is 0 Å². The Kier molecular flexibility index (Phi) is 8.04. The van der Waals surface area contributed by atoms with E-state index in [9.17, 15) is 34.8 Å². The van der Waals surface area contributed by atoms with Gasteiger partial charge in [0.1, 0.15) is 43.6 Å². The number of carbonyl (C=O) groups is 3. The molecule has 3 aliphatic heterocycles. The molecular weight excluding hydrogens is 456 g/mol. The molecule has 14 heteroatoms. The molecule has 0 aromatic carbocycles. The lowest BCUT2D eigenvalue weighted by Gasteiger charge is -2.56. The van der Waals surface area contributed by atoms with Gasteiger partial charge in [0, 0.05) is 14.0 Å². The van der Waals surface area contributed by atoms with Crippen LogP contribution in [0.15, 0.2) is 4.99 Å². The number of Topliss-reactive ketones (excluding diaryl/α,β-unsaturated/α-hetero) is 2. The molecule has 0 radical (unpaired) electrons. The lowest BCUT2D eigenvalue weighted by atomic mass is 9.84. The molecule has 3 aliphatic rings. The third-order valence-corrected chi connectivity index (χ3v) is 6.40. The van der Waals surface area contributed by atoms with Gasteiger partial charge in [0.05, 0.1) is 26.2 Å². The van der Waals surface area contributed by atoms with Crippen LogP contribution in [0, 0.1) is 0 Å². The summed E-state index contributed by atoms with van der Waals surface area (Å²) in [7, 11) is 1.48. The maximum absolute atomic E-state index is 13.0. The first kappa shape index (κ1) is 26.6. The molecule has 1 amide bonds. The van der Waals surface area contributed by atoms with Gasteiger partial charge in [0.2, 0.25) is 5.91 Å². The first-order chi connectivity index (χ1) is 16.0. The molecule has 3 rings (SSSR count). The number of hydrogen-bond donors (Lipinski definition) is 4. The number of aliphatic hydroxyl groups is 4. The molecule has 0 bridgehead atoms. The summed E-state index contributed by atoms with van der Waals surface area (Å²) in [5.41, 5.74) is -1.98. The fraction of sp³-hybridized carbons (Fsp3) is 0.800. The topological polar surface area (TPSA) is 182 Å². The summed E-state index contributed by atoms with van der Waals surface area (Å²) in [5.74, 6) is -1.76. The van der Waals surface area contributed by atoms with E-state index < -0.39 is 72.7 Å². The highest BCUT2D eigenvalue weighted by Gasteiger charge is 2.67. The van der Waals surface area contributed by atoms with Gasteiger partial charge in [-0.25, -0.2) is 4.90 Å². The molecule has 0 saturated carbocycles. The van der Waals surface area contributed by atoms with Crippen molar-refractivity contribution in [2.45, 2.75) is 69.4 Å². The molecule has 2 saturated heterocycles. The third kappa shape index (κ3) is 4.13. The highest BCUT2D eigenvalue weighted by molar-refractivity contribution is 5.95. The van der Waals surface area contributed by atoms with Crippen LogP contribution in [0.4, 0.5) is 0 Å². The Balaban J connectivity index is 2.07. The molecule has 34 heavy (non-hydrogen) atoms. The van der Waals surface area contributed by atoms with Crippen molar-refractivity contribution in [3.63, 3.8) is 0 Å². The zero-order valence-electron chi connectivity index (χ0n) is 19.5. The maximum atomic E-state index is 13.0. The Morgan fingerprint density at radius 1 is 1.12 bits per heavy atom. The van der Waals surface area contributed by atoms with Crippen LogP contribution in [0.1, 0.15) is 20.8 Å². The lowest BCUT2D eigenvalue weighted by molar-refractivity contribution is -0.231. The number of ketones is 2. The molecular formula is C20H32N4O10. The molecule has 0 aliphatic carbocycles. The van der Waals surface area contributed by atoms with Crippen molar-refractivity contribution in [2.75, 3.05) is 33.7 Å². The predicted molar refractivity (Wildman–Crippen MR) is 113 cm³/mol. The summed E-state index contributed by atoms with van der Waals surface area (Å²) in [6.07, 6.45) is -8.71. The van der Waals surface area contributed by atoms with Crippen molar-refractivity contribution < 1.29 is 49.0 Å². The summed E-state index contributed by atoms with van der Waals surface area (Å²) in [5, 5.41) is 41.6. The van der Waals surface area contributed by atoms with Crippen molar-refractivity contribution in [3.05, 3.63) is 0 Å². The number of ether oxygens (including phenoxy) is 3. The van der Waals surface area contributed by atoms with E-state index in [1.54, 1.807) is 0 Å². The zero-order chi connectivity index (χ0) is 25.4. The Hall–Kier alpha value is -2.04. The van der Waals surface area contributed by atoms with Crippen molar-refractivity contribution >= 4 is 23.8 Å². The van der Waals surface area contributed by atoms with E-state index in [1.165, 1.54) is 32.8 Å². The van der Waals surface area contributed by atoms with Crippen LogP contribution < -0.4 is 0 Å². The fourth-order valence-electron chi connectivity index (χ4n) is 4.77. The zero-order valence-corrected chi connectivity index (χ0v) is 19.5. The monoisotopic (exact) mass is 488 g/mol. The van der Waals surface area contributed by atoms with Gasteiger partial charge in [0.15, 0.2) is 23.3 Å². The second-order valence-corrected chi connectivity index (χ2v) is 8.50. The lowest BCUT2D eigenvalue weighted by Crippen LogP contribution is -2.80. The number of nitrogens with zero attached hydrogens (tertiary/aromatic N) is 4. The van der Waals surface area contributed by atoms with Crippen molar-refractivity contribution in [1.29, 1.82) is 0 Å². The van der Waals surface area contributed by atoms with E-state index in [0.717, 1.165) is 16.1 Å². The molecule has 192 valence electrons. The number of aliphatic imine (C=N–C) groups is 1. The van der Waals surface area contributed by atoms with Crippen LogP contribution in [-0.2, 0) is 28.6 Å². The maximum Gasteiger partial charge on any atom is 0.222 e. The summed E-state index contributed by atoms with van der Waals surface area (Å²) in [4.78, 5) is 46.4. The van der Waals surface area contributed by atoms with E-state index in [2.05, 4.69) is 4.99 Å². The van der Waals surface area contributed by atoms with Gasteiger partial charge in [0.25, 0.3) is 0 Å².